The number of amides is 1. The second kappa shape index (κ2) is 12.7. The average molecular weight is 485 g/mol. The Morgan fingerprint density at radius 3 is 2.09 bits per heavy atom. The van der Waals surface area contributed by atoms with Crippen LogP contribution in [-0.4, -0.2) is 34.7 Å². The number of aromatic amines is 1. The summed E-state index contributed by atoms with van der Waals surface area (Å²) in [6, 6.07) is 11.1. The van der Waals surface area contributed by atoms with Gasteiger partial charge >= 0.3 is 0 Å². The van der Waals surface area contributed by atoms with Gasteiger partial charge in [-0.15, -0.1) is 0 Å². The Bertz CT molecular complexity index is 1100. The molecule has 2 aromatic carbocycles. The van der Waals surface area contributed by atoms with Crippen LogP contribution in [0.25, 0.3) is 22.2 Å². The lowest BCUT2D eigenvalue weighted by molar-refractivity contribution is -0.126. The minimum absolute atomic E-state index is 0.293. The molecule has 0 saturated heterocycles. The topological polar surface area (TPSA) is 53.2 Å². The van der Waals surface area contributed by atoms with Crippen LogP contribution >= 0.6 is 11.6 Å². The molecule has 3 aromatic rings. The fraction of sp³-hybridized carbons (Fsp3) is 0.429. The number of nitrogens with zero attached hydrogens (tertiary/aromatic N) is 1. The number of carbonyl (C=O) groups excluding carboxylic acids is 2. The number of halogens is 2. The van der Waals surface area contributed by atoms with Gasteiger partial charge in [0.25, 0.3) is 11.7 Å². The molecule has 0 aliphatic carbocycles. The van der Waals surface area contributed by atoms with Crippen molar-refractivity contribution in [3.63, 3.8) is 0 Å². The van der Waals surface area contributed by atoms with Crippen molar-refractivity contribution < 1.29 is 14.0 Å². The number of aromatic nitrogens is 1. The second-order valence-corrected chi connectivity index (χ2v) is 9.25. The number of nitrogens with one attached hydrogen (secondary N) is 1. The van der Waals surface area contributed by atoms with Gasteiger partial charge in [0, 0.05) is 29.0 Å². The number of H-pyrrole nitrogens is 1. The first-order valence-corrected chi connectivity index (χ1v) is 12.7. The van der Waals surface area contributed by atoms with Crippen LogP contribution < -0.4 is 0 Å². The van der Waals surface area contributed by atoms with E-state index >= 15 is 0 Å². The summed E-state index contributed by atoms with van der Waals surface area (Å²) in [4.78, 5) is 32.2. The third-order valence-corrected chi connectivity index (χ3v) is 6.40. The van der Waals surface area contributed by atoms with Crippen molar-refractivity contribution in [2.45, 2.75) is 65.2 Å². The molecule has 3 rings (SSSR count). The average Bonchev–Trinajstić information content (AvgIpc) is 3.21. The molecule has 0 atom stereocenters. The van der Waals surface area contributed by atoms with Crippen molar-refractivity contribution in [1.29, 1.82) is 0 Å². The molecule has 1 aromatic heterocycles. The molecule has 0 spiro atoms. The maximum Gasteiger partial charge on any atom is 0.295 e. The van der Waals surface area contributed by atoms with Crippen molar-refractivity contribution in [2.24, 2.45) is 0 Å². The maximum absolute atomic E-state index is 13.7. The highest BCUT2D eigenvalue weighted by Crippen LogP contribution is 2.33. The molecular formula is C28H34ClFN2O2. The summed E-state index contributed by atoms with van der Waals surface area (Å²) in [5.74, 6) is -1.41. The number of ketones is 1. The first-order chi connectivity index (χ1) is 16.5. The van der Waals surface area contributed by atoms with Crippen molar-refractivity contribution in [3.05, 3.63) is 58.9 Å². The summed E-state index contributed by atoms with van der Waals surface area (Å²) in [5.41, 5.74) is 2.15. The molecule has 0 radical (unpaired) electrons. The van der Waals surface area contributed by atoms with Gasteiger partial charge in [-0.2, -0.15) is 0 Å². The number of unbranched alkanes of at least 4 members (excludes halogenated alkanes) is 6. The van der Waals surface area contributed by atoms with Gasteiger partial charge in [-0.05, 0) is 60.9 Å². The van der Waals surface area contributed by atoms with Crippen LogP contribution in [0.3, 0.4) is 0 Å². The molecule has 0 bridgehead atoms. The van der Waals surface area contributed by atoms with E-state index in [2.05, 4.69) is 18.8 Å². The monoisotopic (exact) mass is 484 g/mol. The quantitative estimate of drug-likeness (QED) is 0.153. The molecule has 34 heavy (non-hydrogen) atoms. The Hall–Kier alpha value is -2.66. The molecular weight excluding hydrogens is 451 g/mol. The van der Waals surface area contributed by atoms with E-state index in [0.717, 1.165) is 51.4 Å². The largest absolute Gasteiger partial charge is 0.354 e. The third-order valence-electron chi connectivity index (χ3n) is 6.17. The zero-order valence-corrected chi connectivity index (χ0v) is 20.9. The molecule has 1 heterocycles. The van der Waals surface area contributed by atoms with E-state index in [1.165, 1.54) is 12.1 Å². The molecule has 4 nitrogen and oxygen atoms in total. The minimum atomic E-state index is -0.557. The standard InChI is InChI=1S/C28H34ClFN2O2/c1-3-5-7-9-17-32(18-10-8-6-4-2)28(34)27(33)25-23-19-21(29)13-16-24(23)31-26(25)20-11-14-22(30)15-12-20/h11-16,19,31H,3-10,17-18H2,1-2H3. The van der Waals surface area contributed by atoms with E-state index in [4.69, 9.17) is 11.6 Å². The molecule has 0 aliphatic heterocycles. The van der Waals surface area contributed by atoms with Crippen LogP contribution in [0.1, 0.15) is 75.6 Å². The van der Waals surface area contributed by atoms with Gasteiger partial charge in [0.2, 0.25) is 0 Å². The van der Waals surface area contributed by atoms with E-state index in [0.29, 0.717) is 45.8 Å². The first-order valence-electron chi connectivity index (χ1n) is 12.4. The fourth-order valence-electron chi connectivity index (χ4n) is 4.26. The van der Waals surface area contributed by atoms with Crippen molar-refractivity contribution in [2.75, 3.05) is 13.1 Å². The fourth-order valence-corrected chi connectivity index (χ4v) is 4.43. The molecule has 0 aliphatic rings. The Morgan fingerprint density at radius 1 is 0.882 bits per heavy atom. The molecule has 0 fully saturated rings. The first kappa shape index (κ1) is 26.0. The number of hydrogen-bond donors (Lipinski definition) is 1. The summed E-state index contributed by atoms with van der Waals surface area (Å²) in [7, 11) is 0. The number of rotatable bonds is 13. The number of fused-ring (bicyclic) bond motifs is 1. The highest BCUT2D eigenvalue weighted by Gasteiger charge is 2.29. The molecule has 182 valence electrons. The lowest BCUT2D eigenvalue weighted by Crippen LogP contribution is -2.38. The van der Waals surface area contributed by atoms with Crippen LogP contribution in [0.2, 0.25) is 5.02 Å². The van der Waals surface area contributed by atoms with Gasteiger partial charge in [0.15, 0.2) is 0 Å². The van der Waals surface area contributed by atoms with Crippen LogP contribution in [-0.2, 0) is 4.79 Å². The molecule has 6 heteroatoms. The van der Waals surface area contributed by atoms with Crippen LogP contribution in [0, 0.1) is 5.82 Å². The molecule has 1 amide bonds. The summed E-state index contributed by atoms with van der Waals surface area (Å²) in [5, 5.41) is 1.08. The van der Waals surface area contributed by atoms with E-state index in [-0.39, 0.29) is 5.82 Å². The lowest BCUT2D eigenvalue weighted by atomic mass is 10.0. The summed E-state index contributed by atoms with van der Waals surface area (Å²) in [6.45, 7) is 5.45. The van der Waals surface area contributed by atoms with Gasteiger partial charge in [0.05, 0.1) is 11.3 Å². The smallest absolute Gasteiger partial charge is 0.295 e. The second-order valence-electron chi connectivity index (χ2n) is 8.81. The van der Waals surface area contributed by atoms with Crippen molar-refractivity contribution in [1.82, 2.24) is 9.88 Å². The Kier molecular flexibility index (Phi) is 9.70. The number of hydrogen-bond acceptors (Lipinski definition) is 2. The third kappa shape index (κ3) is 6.47. The van der Waals surface area contributed by atoms with E-state index in [1.807, 2.05) is 0 Å². The predicted molar refractivity (Wildman–Crippen MR) is 138 cm³/mol. The van der Waals surface area contributed by atoms with E-state index in [1.54, 1.807) is 35.2 Å². The normalized spacial score (nSPS) is 11.2. The van der Waals surface area contributed by atoms with E-state index < -0.39 is 11.7 Å². The van der Waals surface area contributed by atoms with Gasteiger partial charge in [-0.25, -0.2) is 4.39 Å². The van der Waals surface area contributed by atoms with Gasteiger partial charge in [0.1, 0.15) is 5.82 Å². The van der Waals surface area contributed by atoms with Gasteiger partial charge in [-0.3, -0.25) is 9.59 Å². The highest BCUT2D eigenvalue weighted by atomic mass is 35.5. The Balaban J connectivity index is 1.95. The van der Waals surface area contributed by atoms with E-state index in [9.17, 15) is 14.0 Å². The van der Waals surface area contributed by atoms with Crippen molar-refractivity contribution in [3.8, 4) is 11.3 Å². The number of Topliss-reactive ketones (excluding diaryl/α,β-unsaturated/α-hetero) is 1. The van der Waals surface area contributed by atoms with Crippen LogP contribution in [0.4, 0.5) is 4.39 Å². The molecule has 0 saturated carbocycles. The summed E-state index contributed by atoms with van der Waals surface area (Å²) < 4.78 is 13.5. The summed E-state index contributed by atoms with van der Waals surface area (Å²) >= 11 is 6.24. The number of carbonyl (C=O) groups is 2. The summed E-state index contributed by atoms with van der Waals surface area (Å²) in [6.07, 6.45) is 8.28. The maximum atomic E-state index is 13.7. The molecule has 0 unspecified atom stereocenters. The zero-order chi connectivity index (χ0) is 24.5. The Labute approximate surface area is 206 Å². The highest BCUT2D eigenvalue weighted by molar-refractivity contribution is 6.46. The minimum Gasteiger partial charge on any atom is -0.354 e. The van der Waals surface area contributed by atoms with Crippen LogP contribution in [0.5, 0.6) is 0 Å². The van der Waals surface area contributed by atoms with Gasteiger partial charge < -0.3 is 9.88 Å². The van der Waals surface area contributed by atoms with Gasteiger partial charge in [-0.1, -0.05) is 64.0 Å². The van der Waals surface area contributed by atoms with Crippen molar-refractivity contribution >= 4 is 34.2 Å². The Morgan fingerprint density at radius 2 is 1.50 bits per heavy atom. The lowest BCUT2D eigenvalue weighted by Gasteiger charge is -2.22. The van der Waals surface area contributed by atoms with Crippen LogP contribution in [0.15, 0.2) is 42.5 Å². The molecule has 1 N–H and O–H groups in total. The number of benzene rings is 2. The zero-order valence-electron chi connectivity index (χ0n) is 20.1. The predicted octanol–water partition coefficient (Wildman–Crippen LogP) is 7.80. The SMILES string of the molecule is CCCCCCN(CCCCCC)C(=O)C(=O)c1c(-c2ccc(F)cc2)[nH]c2ccc(Cl)cc12.